The molecule has 0 amide bonds. The summed E-state index contributed by atoms with van der Waals surface area (Å²) in [6.45, 7) is 7.34. The van der Waals surface area contributed by atoms with Crippen molar-refractivity contribution >= 4 is 12.6 Å². The van der Waals surface area contributed by atoms with Crippen molar-refractivity contribution in [3.05, 3.63) is 0 Å². The van der Waals surface area contributed by atoms with Crippen LogP contribution in [0.3, 0.4) is 0 Å². The lowest BCUT2D eigenvalue weighted by atomic mass is 9.86. The minimum atomic E-state index is 0.796. The maximum absolute atomic E-state index is 4.40. The molecule has 0 aromatic carbocycles. The molecule has 0 aromatic heterocycles. The van der Waals surface area contributed by atoms with Crippen LogP contribution in [-0.2, 0) is 0 Å². The largest absolute Gasteiger partial charge is 0.308 e. The lowest BCUT2D eigenvalue weighted by Crippen LogP contribution is -2.39. The second-order valence-electron chi connectivity index (χ2n) is 5.14. The van der Waals surface area contributed by atoms with Gasteiger partial charge in [0.05, 0.1) is 0 Å². The van der Waals surface area contributed by atoms with Gasteiger partial charge in [-0.1, -0.05) is 6.92 Å². The van der Waals surface area contributed by atoms with Crippen molar-refractivity contribution in [3.63, 3.8) is 0 Å². The maximum atomic E-state index is 4.40. The van der Waals surface area contributed by atoms with Gasteiger partial charge >= 0.3 is 0 Å². The molecule has 0 aromatic rings. The van der Waals surface area contributed by atoms with Crippen molar-refractivity contribution < 1.29 is 0 Å². The molecule has 1 heterocycles. The zero-order chi connectivity index (χ0) is 11.3. The number of nitrogens with zero attached hydrogens (tertiary/aromatic N) is 2. The molecule has 0 radical (unpaired) electrons. The average molecular weight is 230 g/mol. The molecule has 3 heteroatoms. The van der Waals surface area contributed by atoms with Crippen LogP contribution in [0.5, 0.6) is 0 Å². The third-order valence-corrected chi connectivity index (χ3v) is 4.16. The fourth-order valence-electron chi connectivity index (χ4n) is 2.24. The van der Waals surface area contributed by atoms with Gasteiger partial charge in [0.2, 0.25) is 0 Å². The van der Waals surface area contributed by atoms with Crippen LogP contribution in [-0.4, -0.2) is 55.8 Å². The zero-order valence-electron chi connectivity index (χ0n) is 10.4. The van der Waals surface area contributed by atoms with E-state index in [0.717, 1.165) is 17.6 Å². The Kier molecular flexibility index (Phi) is 6.02. The third-order valence-electron chi connectivity index (χ3n) is 3.59. The summed E-state index contributed by atoms with van der Waals surface area (Å²) in [7, 11) is 4.30. The van der Waals surface area contributed by atoms with Crippen LogP contribution in [0, 0.1) is 11.8 Å². The Hall–Kier alpha value is 0.270. The van der Waals surface area contributed by atoms with E-state index in [-0.39, 0.29) is 0 Å². The van der Waals surface area contributed by atoms with Gasteiger partial charge in [-0.3, -0.25) is 0 Å². The van der Waals surface area contributed by atoms with E-state index in [1.807, 2.05) is 0 Å². The molecule has 0 spiro atoms. The van der Waals surface area contributed by atoms with Crippen molar-refractivity contribution in [2.24, 2.45) is 11.8 Å². The molecule has 0 N–H and O–H groups in total. The molecular formula is C12H26N2S. The Morgan fingerprint density at radius 1 is 1.33 bits per heavy atom. The predicted molar refractivity (Wildman–Crippen MR) is 70.7 cm³/mol. The number of hydrogen-bond donors (Lipinski definition) is 1. The Morgan fingerprint density at radius 2 is 1.93 bits per heavy atom. The zero-order valence-corrected chi connectivity index (χ0v) is 11.3. The standard InChI is InChI=1S/C12H26N2S/c1-11(10-15)12-4-6-14(7-5-12)9-8-13(2)3/h11-12,15H,4-10H2,1-3H3. The van der Waals surface area contributed by atoms with Gasteiger partial charge in [0, 0.05) is 13.1 Å². The molecule has 90 valence electrons. The number of likely N-dealkylation sites (tertiary alicyclic amines) is 1. The van der Waals surface area contributed by atoms with Crippen molar-refractivity contribution in [1.29, 1.82) is 0 Å². The van der Waals surface area contributed by atoms with Gasteiger partial charge in [-0.05, 0) is 57.6 Å². The normalized spacial score (nSPS) is 22.2. The molecule has 1 saturated heterocycles. The first kappa shape index (κ1) is 13.3. The molecule has 0 bridgehead atoms. The fraction of sp³-hybridized carbons (Fsp3) is 1.00. The van der Waals surface area contributed by atoms with E-state index in [4.69, 9.17) is 0 Å². The Bertz CT molecular complexity index is 165. The summed E-state index contributed by atoms with van der Waals surface area (Å²) in [5, 5.41) is 0. The van der Waals surface area contributed by atoms with Crippen LogP contribution < -0.4 is 0 Å². The van der Waals surface area contributed by atoms with Crippen LogP contribution in [0.1, 0.15) is 19.8 Å². The van der Waals surface area contributed by atoms with Gasteiger partial charge in [0.1, 0.15) is 0 Å². The van der Waals surface area contributed by atoms with Gasteiger partial charge in [0.15, 0.2) is 0 Å². The van der Waals surface area contributed by atoms with Crippen molar-refractivity contribution in [3.8, 4) is 0 Å². The highest BCUT2D eigenvalue weighted by molar-refractivity contribution is 7.80. The number of thiol groups is 1. The van der Waals surface area contributed by atoms with Crippen LogP contribution in [0.15, 0.2) is 0 Å². The number of rotatable bonds is 5. The topological polar surface area (TPSA) is 6.48 Å². The highest BCUT2D eigenvalue weighted by atomic mass is 32.1. The summed E-state index contributed by atoms with van der Waals surface area (Å²) in [5.74, 6) is 2.75. The predicted octanol–water partition coefficient (Wildman–Crippen LogP) is 1.83. The first-order chi connectivity index (χ1) is 7.13. The van der Waals surface area contributed by atoms with E-state index >= 15 is 0 Å². The van der Waals surface area contributed by atoms with Crippen LogP contribution in [0.2, 0.25) is 0 Å². The quantitative estimate of drug-likeness (QED) is 0.720. The second kappa shape index (κ2) is 6.77. The minimum Gasteiger partial charge on any atom is -0.308 e. The summed E-state index contributed by atoms with van der Waals surface area (Å²) in [6.07, 6.45) is 2.74. The summed E-state index contributed by atoms with van der Waals surface area (Å²) in [5.41, 5.74) is 0. The molecule has 1 fully saturated rings. The summed E-state index contributed by atoms with van der Waals surface area (Å²) in [6, 6.07) is 0. The van der Waals surface area contributed by atoms with E-state index in [9.17, 15) is 0 Å². The lowest BCUT2D eigenvalue weighted by Gasteiger charge is -2.34. The molecule has 0 saturated carbocycles. The van der Waals surface area contributed by atoms with Gasteiger partial charge in [-0.15, -0.1) is 0 Å². The second-order valence-corrected chi connectivity index (χ2v) is 5.51. The Balaban J connectivity index is 2.18. The summed E-state index contributed by atoms with van der Waals surface area (Å²) < 4.78 is 0. The van der Waals surface area contributed by atoms with E-state index in [0.29, 0.717) is 0 Å². The van der Waals surface area contributed by atoms with Crippen molar-refractivity contribution in [2.45, 2.75) is 19.8 Å². The summed E-state index contributed by atoms with van der Waals surface area (Å²) in [4.78, 5) is 4.87. The van der Waals surface area contributed by atoms with Gasteiger partial charge < -0.3 is 9.80 Å². The van der Waals surface area contributed by atoms with E-state index in [2.05, 4.69) is 43.4 Å². The van der Waals surface area contributed by atoms with Crippen molar-refractivity contribution in [2.75, 3.05) is 46.0 Å². The first-order valence-corrected chi connectivity index (χ1v) is 6.74. The smallest absolute Gasteiger partial charge is 0.0109 e. The van der Waals surface area contributed by atoms with Crippen LogP contribution in [0.25, 0.3) is 0 Å². The highest BCUT2D eigenvalue weighted by Gasteiger charge is 2.22. The number of likely N-dealkylation sites (N-methyl/N-ethyl adjacent to an activating group) is 1. The van der Waals surface area contributed by atoms with Crippen molar-refractivity contribution in [1.82, 2.24) is 9.80 Å². The van der Waals surface area contributed by atoms with E-state index < -0.39 is 0 Å². The summed E-state index contributed by atoms with van der Waals surface area (Å²) >= 11 is 4.40. The SMILES string of the molecule is CC(CS)C1CCN(CCN(C)C)CC1. The minimum absolute atomic E-state index is 0.796. The third kappa shape index (κ3) is 4.75. The Labute approximate surface area is 100 Å². The molecule has 1 atom stereocenters. The highest BCUT2D eigenvalue weighted by Crippen LogP contribution is 2.25. The first-order valence-electron chi connectivity index (χ1n) is 6.11. The van der Waals surface area contributed by atoms with Gasteiger partial charge in [0.25, 0.3) is 0 Å². The van der Waals surface area contributed by atoms with Crippen LogP contribution in [0.4, 0.5) is 0 Å². The molecular weight excluding hydrogens is 204 g/mol. The number of hydrogen-bond acceptors (Lipinski definition) is 3. The van der Waals surface area contributed by atoms with Crippen LogP contribution >= 0.6 is 12.6 Å². The molecule has 1 aliphatic heterocycles. The Morgan fingerprint density at radius 3 is 2.40 bits per heavy atom. The molecule has 2 nitrogen and oxygen atoms in total. The maximum Gasteiger partial charge on any atom is 0.0109 e. The molecule has 1 unspecified atom stereocenters. The van der Waals surface area contributed by atoms with Gasteiger partial charge in [-0.25, -0.2) is 0 Å². The van der Waals surface area contributed by atoms with Gasteiger partial charge in [-0.2, -0.15) is 12.6 Å². The monoisotopic (exact) mass is 230 g/mol. The number of piperidine rings is 1. The lowest BCUT2D eigenvalue weighted by molar-refractivity contribution is 0.149. The molecule has 15 heavy (non-hydrogen) atoms. The molecule has 1 rings (SSSR count). The van der Waals surface area contributed by atoms with E-state index in [1.54, 1.807) is 0 Å². The fourth-order valence-corrected chi connectivity index (χ4v) is 2.53. The average Bonchev–Trinajstić information content (AvgIpc) is 2.26. The molecule has 1 aliphatic rings. The molecule has 0 aliphatic carbocycles. The van der Waals surface area contributed by atoms with E-state index in [1.165, 1.54) is 39.0 Å².